The van der Waals surface area contributed by atoms with Crippen LogP contribution in [-0.4, -0.2) is 30.8 Å². The molecule has 0 spiro atoms. The van der Waals surface area contributed by atoms with Gasteiger partial charge in [0.25, 0.3) is 0 Å². The number of sulfonamides is 1. The fourth-order valence-electron chi connectivity index (χ4n) is 2.72. The van der Waals surface area contributed by atoms with Gasteiger partial charge >= 0.3 is 0 Å². The van der Waals surface area contributed by atoms with Crippen LogP contribution in [0.15, 0.2) is 35.8 Å². The topological polar surface area (TPSA) is 50.3 Å². The molecule has 0 N–H and O–H groups in total. The molecule has 118 valence electrons. The van der Waals surface area contributed by atoms with Crippen molar-refractivity contribution in [1.82, 2.24) is 9.29 Å². The second kappa shape index (κ2) is 6.66. The molecule has 4 nitrogen and oxygen atoms in total. The average molecular weight is 357 g/mol. The standard InChI is InChI=1S/C15H17ClN2O2S2/c16-14-4-2-1-3-13(14)11-22(19,20)18-8-5-12(6-9-18)15-17-7-10-21-15/h1-4,7,10,12H,5-6,8-9,11H2. The summed E-state index contributed by atoms with van der Waals surface area (Å²) >= 11 is 7.72. The number of aromatic nitrogens is 1. The first-order valence-corrected chi connectivity index (χ1v) is 10.0. The molecule has 0 aliphatic carbocycles. The number of rotatable bonds is 4. The first kappa shape index (κ1) is 15.9. The highest BCUT2D eigenvalue weighted by Crippen LogP contribution is 2.31. The lowest BCUT2D eigenvalue weighted by Gasteiger charge is -2.30. The molecular weight excluding hydrogens is 340 g/mol. The largest absolute Gasteiger partial charge is 0.249 e. The van der Waals surface area contributed by atoms with Crippen LogP contribution in [0.2, 0.25) is 5.02 Å². The van der Waals surface area contributed by atoms with E-state index in [0.717, 1.165) is 17.8 Å². The van der Waals surface area contributed by atoms with E-state index in [4.69, 9.17) is 11.6 Å². The maximum Gasteiger partial charge on any atom is 0.218 e. The number of hydrogen-bond acceptors (Lipinski definition) is 4. The van der Waals surface area contributed by atoms with Gasteiger partial charge in [0.2, 0.25) is 10.0 Å². The minimum Gasteiger partial charge on any atom is -0.249 e. The molecule has 0 amide bonds. The van der Waals surface area contributed by atoms with Crippen LogP contribution in [-0.2, 0) is 15.8 Å². The zero-order valence-electron chi connectivity index (χ0n) is 12.0. The summed E-state index contributed by atoms with van der Waals surface area (Å²) in [5, 5.41) is 3.59. The lowest BCUT2D eigenvalue weighted by atomic mass is 9.99. The van der Waals surface area contributed by atoms with E-state index in [1.54, 1.807) is 40.0 Å². The number of hydrogen-bond donors (Lipinski definition) is 0. The number of nitrogens with zero attached hydrogens (tertiary/aromatic N) is 2. The molecule has 1 fully saturated rings. The maximum absolute atomic E-state index is 12.6. The lowest BCUT2D eigenvalue weighted by molar-refractivity contribution is 0.319. The maximum atomic E-state index is 12.6. The Morgan fingerprint density at radius 1 is 1.27 bits per heavy atom. The Kier molecular flexibility index (Phi) is 4.82. The van der Waals surface area contributed by atoms with Gasteiger partial charge < -0.3 is 0 Å². The van der Waals surface area contributed by atoms with Crippen molar-refractivity contribution in [2.24, 2.45) is 0 Å². The second-order valence-corrected chi connectivity index (χ2v) is 8.69. The number of halogens is 1. The molecule has 1 aromatic carbocycles. The van der Waals surface area contributed by atoms with Crippen LogP contribution >= 0.6 is 22.9 Å². The predicted molar refractivity (Wildman–Crippen MR) is 89.7 cm³/mol. The van der Waals surface area contributed by atoms with E-state index in [-0.39, 0.29) is 5.75 Å². The van der Waals surface area contributed by atoms with Gasteiger partial charge in [-0.3, -0.25) is 0 Å². The van der Waals surface area contributed by atoms with Gasteiger partial charge in [0.1, 0.15) is 0 Å². The third-order valence-corrected chi connectivity index (χ3v) is 7.08. The van der Waals surface area contributed by atoms with Crippen molar-refractivity contribution in [3.05, 3.63) is 51.4 Å². The van der Waals surface area contributed by atoms with Crippen LogP contribution in [0.4, 0.5) is 0 Å². The van der Waals surface area contributed by atoms with Gasteiger partial charge in [0.15, 0.2) is 0 Å². The van der Waals surface area contributed by atoms with Gasteiger partial charge in [-0.2, -0.15) is 0 Å². The average Bonchev–Trinajstić information content (AvgIpc) is 3.04. The van der Waals surface area contributed by atoms with Crippen LogP contribution < -0.4 is 0 Å². The van der Waals surface area contributed by atoms with Crippen molar-refractivity contribution in [1.29, 1.82) is 0 Å². The van der Waals surface area contributed by atoms with E-state index in [1.165, 1.54) is 0 Å². The van der Waals surface area contributed by atoms with Crippen LogP contribution in [0.3, 0.4) is 0 Å². The van der Waals surface area contributed by atoms with Gasteiger partial charge in [0, 0.05) is 35.6 Å². The van der Waals surface area contributed by atoms with E-state index < -0.39 is 10.0 Å². The van der Waals surface area contributed by atoms with E-state index in [1.807, 2.05) is 11.4 Å². The van der Waals surface area contributed by atoms with Gasteiger partial charge in [-0.05, 0) is 24.5 Å². The van der Waals surface area contributed by atoms with Crippen molar-refractivity contribution >= 4 is 33.0 Å². The molecule has 1 aliphatic heterocycles. The SMILES string of the molecule is O=S(=O)(Cc1ccccc1Cl)N1CCC(c2nccs2)CC1. The Hall–Kier alpha value is -0.950. The number of benzene rings is 1. The predicted octanol–water partition coefficient (Wildman–Crippen LogP) is 3.51. The Balaban J connectivity index is 1.66. The van der Waals surface area contributed by atoms with Crippen molar-refractivity contribution in [3.63, 3.8) is 0 Å². The summed E-state index contributed by atoms with van der Waals surface area (Å²) in [7, 11) is -3.32. The fourth-order valence-corrected chi connectivity index (χ4v) is 5.41. The van der Waals surface area contributed by atoms with Crippen molar-refractivity contribution < 1.29 is 8.42 Å². The van der Waals surface area contributed by atoms with E-state index >= 15 is 0 Å². The quantitative estimate of drug-likeness (QED) is 0.842. The smallest absolute Gasteiger partial charge is 0.218 e. The van der Waals surface area contributed by atoms with Crippen molar-refractivity contribution in [2.75, 3.05) is 13.1 Å². The monoisotopic (exact) mass is 356 g/mol. The molecule has 7 heteroatoms. The first-order valence-electron chi connectivity index (χ1n) is 7.17. The Morgan fingerprint density at radius 2 is 2.00 bits per heavy atom. The summed E-state index contributed by atoms with van der Waals surface area (Å²) in [6.45, 7) is 1.11. The summed E-state index contributed by atoms with van der Waals surface area (Å²) in [5.74, 6) is 0.348. The second-order valence-electron chi connectivity index (χ2n) is 5.39. The van der Waals surface area contributed by atoms with E-state index in [9.17, 15) is 8.42 Å². The third-order valence-electron chi connectivity index (χ3n) is 3.94. The van der Waals surface area contributed by atoms with Crippen LogP contribution in [0.1, 0.15) is 29.3 Å². The molecular formula is C15H17ClN2O2S2. The highest BCUT2D eigenvalue weighted by Gasteiger charge is 2.29. The molecule has 0 bridgehead atoms. The van der Waals surface area contributed by atoms with Crippen LogP contribution in [0.25, 0.3) is 0 Å². The third kappa shape index (κ3) is 3.51. The Bertz CT molecular complexity index is 724. The summed E-state index contributed by atoms with van der Waals surface area (Å²) in [6, 6.07) is 7.10. The minimum absolute atomic E-state index is 0.0331. The number of thiazole rings is 1. The van der Waals surface area contributed by atoms with Gasteiger partial charge in [0.05, 0.1) is 10.8 Å². The van der Waals surface area contributed by atoms with E-state index in [2.05, 4.69) is 4.98 Å². The van der Waals surface area contributed by atoms with Gasteiger partial charge in [-0.15, -0.1) is 11.3 Å². The highest BCUT2D eigenvalue weighted by molar-refractivity contribution is 7.88. The number of piperidine rings is 1. The molecule has 0 radical (unpaired) electrons. The summed E-state index contributed by atoms with van der Waals surface area (Å²) in [4.78, 5) is 4.34. The molecule has 1 saturated heterocycles. The molecule has 2 heterocycles. The molecule has 22 heavy (non-hydrogen) atoms. The minimum atomic E-state index is -3.32. The first-order chi connectivity index (χ1) is 10.6. The summed E-state index contributed by atoms with van der Waals surface area (Å²) < 4.78 is 26.7. The molecule has 3 rings (SSSR count). The highest BCUT2D eigenvalue weighted by atomic mass is 35.5. The normalized spacial score (nSPS) is 17.7. The van der Waals surface area contributed by atoms with Crippen molar-refractivity contribution in [2.45, 2.75) is 24.5 Å². The summed E-state index contributed by atoms with van der Waals surface area (Å²) in [5.41, 5.74) is 0.659. The zero-order valence-corrected chi connectivity index (χ0v) is 14.4. The van der Waals surface area contributed by atoms with Gasteiger partial charge in [-0.25, -0.2) is 17.7 Å². The summed E-state index contributed by atoms with van der Waals surface area (Å²) in [6.07, 6.45) is 3.46. The zero-order chi connectivity index (χ0) is 15.6. The molecule has 0 saturated carbocycles. The molecule has 0 atom stereocenters. The molecule has 1 aliphatic rings. The molecule has 2 aromatic rings. The lowest BCUT2D eigenvalue weighted by Crippen LogP contribution is -2.38. The van der Waals surface area contributed by atoms with E-state index in [0.29, 0.717) is 29.6 Å². The van der Waals surface area contributed by atoms with Gasteiger partial charge in [-0.1, -0.05) is 29.8 Å². The molecule has 0 unspecified atom stereocenters. The fraction of sp³-hybridized carbons (Fsp3) is 0.400. The Morgan fingerprint density at radius 3 is 2.64 bits per heavy atom. The van der Waals surface area contributed by atoms with Crippen LogP contribution in [0.5, 0.6) is 0 Å². The van der Waals surface area contributed by atoms with Crippen molar-refractivity contribution in [3.8, 4) is 0 Å². The molecule has 1 aromatic heterocycles. The Labute approximate surface area is 139 Å². The van der Waals surface area contributed by atoms with Crippen LogP contribution in [0, 0.1) is 0 Å².